The molecule has 1 unspecified atom stereocenters. The summed E-state index contributed by atoms with van der Waals surface area (Å²) in [6.45, 7) is 0. The molecule has 26 heavy (non-hydrogen) atoms. The van der Waals surface area contributed by atoms with Gasteiger partial charge in [-0.15, -0.1) is 0 Å². The molecule has 0 saturated heterocycles. The molecule has 0 aliphatic heterocycles. The maximum absolute atomic E-state index is 6.69. The van der Waals surface area contributed by atoms with Crippen LogP contribution in [0.15, 0.2) is 85.5 Å². The first kappa shape index (κ1) is 16.8. The molecule has 3 aromatic carbocycles. The predicted octanol–water partition coefficient (Wildman–Crippen LogP) is 5.89. The second-order valence-electron chi connectivity index (χ2n) is 5.87. The molecule has 0 aliphatic carbocycles. The van der Waals surface area contributed by atoms with E-state index in [0.29, 0.717) is 10.0 Å². The Labute approximate surface area is 161 Å². The van der Waals surface area contributed by atoms with Gasteiger partial charge in [-0.2, -0.15) is 5.10 Å². The van der Waals surface area contributed by atoms with Crippen LogP contribution in [-0.2, 0) is 0 Å². The zero-order valence-electron chi connectivity index (χ0n) is 13.8. The molecule has 0 N–H and O–H groups in total. The highest BCUT2D eigenvalue weighted by molar-refractivity contribution is 6.32. The van der Waals surface area contributed by atoms with Gasteiger partial charge in [-0.1, -0.05) is 83.9 Å². The summed E-state index contributed by atoms with van der Waals surface area (Å²) in [4.78, 5) is 4.12. The third-order valence-electron chi connectivity index (χ3n) is 4.31. The summed E-state index contributed by atoms with van der Waals surface area (Å²) >= 11 is 13.2. The highest BCUT2D eigenvalue weighted by atomic mass is 35.5. The Balaban J connectivity index is 2.00. The van der Waals surface area contributed by atoms with Crippen LogP contribution >= 0.6 is 23.2 Å². The summed E-state index contributed by atoms with van der Waals surface area (Å²) in [5.41, 5.74) is 3.99. The molecule has 1 heterocycles. The fourth-order valence-electron chi connectivity index (χ4n) is 3.16. The van der Waals surface area contributed by atoms with Crippen LogP contribution in [0.25, 0.3) is 11.1 Å². The van der Waals surface area contributed by atoms with Crippen molar-refractivity contribution >= 4 is 23.2 Å². The molecule has 128 valence electrons. The van der Waals surface area contributed by atoms with E-state index in [9.17, 15) is 0 Å². The lowest BCUT2D eigenvalue weighted by Gasteiger charge is -2.23. The summed E-state index contributed by atoms with van der Waals surface area (Å²) in [5, 5.41) is 5.69. The topological polar surface area (TPSA) is 30.7 Å². The summed E-state index contributed by atoms with van der Waals surface area (Å²) in [7, 11) is 0. The lowest BCUT2D eigenvalue weighted by atomic mass is 9.91. The van der Waals surface area contributed by atoms with E-state index in [4.69, 9.17) is 23.2 Å². The van der Waals surface area contributed by atoms with Gasteiger partial charge >= 0.3 is 0 Å². The van der Waals surface area contributed by atoms with E-state index in [2.05, 4.69) is 28.3 Å². The molecule has 0 spiro atoms. The van der Waals surface area contributed by atoms with E-state index in [1.807, 2.05) is 54.6 Å². The molecule has 1 aromatic heterocycles. The first-order chi connectivity index (χ1) is 12.8. The summed E-state index contributed by atoms with van der Waals surface area (Å²) in [6.07, 6.45) is 3.20. The fourth-order valence-corrected chi connectivity index (χ4v) is 3.68. The van der Waals surface area contributed by atoms with Gasteiger partial charge in [0.15, 0.2) is 0 Å². The fraction of sp³-hybridized carbons (Fsp3) is 0.0476. The number of halogens is 2. The normalized spacial score (nSPS) is 12.1. The maximum atomic E-state index is 6.69. The minimum Gasteiger partial charge on any atom is -0.241 e. The Morgan fingerprint density at radius 3 is 2.23 bits per heavy atom. The zero-order valence-corrected chi connectivity index (χ0v) is 15.3. The van der Waals surface area contributed by atoms with E-state index >= 15 is 0 Å². The lowest BCUT2D eigenvalue weighted by Crippen LogP contribution is -2.15. The molecule has 0 amide bonds. The van der Waals surface area contributed by atoms with Crippen LogP contribution in [0, 0.1) is 0 Å². The minimum atomic E-state index is -0.282. The standard InChI is InChI=1S/C21H15Cl2N3/c22-18-11-5-4-9-17(18)21(26-14-24-13-25-26)20-16(10-6-12-19(20)23)15-7-2-1-3-8-15/h1-14,21H. The van der Waals surface area contributed by atoms with Crippen molar-refractivity contribution in [2.24, 2.45) is 0 Å². The van der Waals surface area contributed by atoms with Gasteiger partial charge in [0.1, 0.15) is 18.7 Å². The van der Waals surface area contributed by atoms with E-state index in [1.54, 1.807) is 11.0 Å². The van der Waals surface area contributed by atoms with Gasteiger partial charge in [-0.05, 0) is 28.8 Å². The first-order valence-corrected chi connectivity index (χ1v) is 8.93. The van der Waals surface area contributed by atoms with Crippen molar-refractivity contribution in [1.29, 1.82) is 0 Å². The van der Waals surface area contributed by atoms with Gasteiger partial charge in [0.2, 0.25) is 0 Å². The summed E-state index contributed by atoms with van der Waals surface area (Å²) in [5.74, 6) is 0. The number of benzene rings is 3. The third kappa shape index (κ3) is 3.12. The van der Waals surface area contributed by atoms with Crippen LogP contribution in [0.4, 0.5) is 0 Å². The number of rotatable bonds is 4. The lowest BCUT2D eigenvalue weighted by molar-refractivity contribution is 0.595. The largest absolute Gasteiger partial charge is 0.241 e. The molecule has 0 bridgehead atoms. The Morgan fingerprint density at radius 1 is 0.769 bits per heavy atom. The predicted molar refractivity (Wildman–Crippen MR) is 106 cm³/mol. The Hall–Kier alpha value is -2.62. The molecule has 1 atom stereocenters. The average molecular weight is 380 g/mol. The van der Waals surface area contributed by atoms with Crippen LogP contribution in [0.3, 0.4) is 0 Å². The van der Waals surface area contributed by atoms with Crippen molar-refractivity contribution in [3.63, 3.8) is 0 Å². The van der Waals surface area contributed by atoms with E-state index < -0.39 is 0 Å². The van der Waals surface area contributed by atoms with Crippen molar-refractivity contribution in [1.82, 2.24) is 14.8 Å². The van der Waals surface area contributed by atoms with Crippen LogP contribution < -0.4 is 0 Å². The van der Waals surface area contributed by atoms with Crippen LogP contribution in [0.2, 0.25) is 10.0 Å². The van der Waals surface area contributed by atoms with Crippen molar-refractivity contribution in [2.75, 3.05) is 0 Å². The summed E-state index contributed by atoms with van der Waals surface area (Å²) in [6, 6.07) is 23.5. The maximum Gasteiger partial charge on any atom is 0.137 e. The molecule has 4 rings (SSSR count). The monoisotopic (exact) mass is 379 g/mol. The van der Waals surface area contributed by atoms with Gasteiger partial charge in [0.25, 0.3) is 0 Å². The van der Waals surface area contributed by atoms with Crippen LogP contribution in [0.5, 0.6) is 0 Å². The van der Waals surface area contributed by atoms with Crippen molar-refractivity contribution in [2.45, 2.75) is 6.04 Å². The molecule has 0 fully saturated rings. The first-order valence-electron chi connectivity index (χ1n) is 8.18. The van der Waals surface area contributed by atoms with Gasteiger partial charge in [0, 0.05) is 15.6 Å². The zero-order chi connectivity index (χ0) is 17.9. The molecule has 0 saturated carbocycles. The van der Waals surface area contributed by atoms with E-state index in [1.165, 1.54) is 6.33 Å². The van der Waals surface area contributed by atoms with Crippen LogP contribution in [0.1, 0.15) is 17.2 Å². The summed E-state index contributed by atoms with van der Waals surface area (Å²) < 4.78 is 1.79. The van der Waals surface area contributed by atoms with Crippen molar-refractivity contribution in [3.8, 4) is 11.1 Å². The van der Waals surface area contributed by atoms with Crippen molar-refractivity contribution in [3.05, 3.63) is 107 Å². The average Bonchev–Trinajstić information content (AvgIpc) is 3.20. The highest BCUT2D eigenvalue weighted by Gasteiger charge is 2.25. The van der Waals surface area contributed by atoms with Gasteiger partial charge in [0.05, 0.1) is 0 Å². The molecule has 3 nitrogen and oxygen atoms in total. The van der Waals surface area contributed by atoms with Crippen LogP contribution in [-0.4, -0.2) is 14.8 Å². The molecule has 0 aliphatic rings. The van der Waals surface area contributed by atoms with Gasteiger partial charge < -0.3 is 0 Å². The van der Waals surface area contributed by atoms with Gasteiger partial charge in [-0.3, -0.25) is 0 Å². The second kappa shape index (κ2) is 7.32. The number of hydrogen-bond donors (Lipinski definition) is 0. The SMILES string of the molecule is Clc1ccccc1C(c1c(Cl)cccc1-c1ccccc1)n1cncn1. The van der Waals surface area contributed by atoms with E-state index in [0.717, 1.165) is 22.3 Å². The number of aromatic nitrogens is 3. The van der Waals surface area contributed by atoms with E-state index in [-0.39, 0.29) is 6.04 Å². The molecular weight excluding hydrogens is 365 g/mol. The second-order valence-corrected chi connectivity index (χ2v) is 6.68. The Bertz CT molecular complexity index is 1010. The highest BCUT2D eigenvalue weighted by Crippen LogP contribution is 2.40. The molecule has 4 aromatic rings. The minimum absolute atomic E-state index is 0.282. The smallest absolute Gasteiger partial charge is 0.137 e. The number of hydrogen-bond acceptors (Lipinski definition) is 2. The third-order valence-corrected chi connectivity index (χ3v) is 4.99. The molecular formula is C21H15Cl2N3. The quantitative estimate of drug-likeness (QED) is 0.442. The molecule has 0 radical (unpaired) electrons. The Kier molecular flexibility index (Phi) is 4.74. The molecule has 5 heteroatoms. The number of nitrogens with zero attached hydrogens (tertiary/aromatic N) is 3. The van der Waals surface area contributed by atoms with Crippen molar-refractivity contribution < 1.29 is 0 Å². The Morgan fingerprint density at radius 2 is 1.50 bits per heavy atom. The van der Waals surface area contributed by atoms with Gasteiger partial charge in [-0.25, -0.2) is 9.67 Å².